The molecule has 0 heterocycles. The van der Waals surface area contributed by atoms with Gasteiger partial charge in [0, 0.05) is 35.0 Å². The van der Waals surface area contributed by atoms with Crippen molar-refractivity contribution in [2.75, 3.05) is 54.6 Å². The lowest BCUT2D eigenvalue weighted by Crippen LogP contribution is -2.72. The lowest BCUT2D eigenvalue weighted by Gasteiger charge is -2.45. The standard InChI is InChI=1S/C15H42N2O8Si4/c1-12-16(13-2)28(19-5,20-6)24-27(11,23-26(9,10)18)25-29(21-7,22-8)17(14-3)15-4/h18H,12-15H2,1-11H3. The van der Waals surface area contributed by atoms with Gasteiger partial charge in [-0.3, -0.25) is 9.13 Å². The highest BCUT2D eigenvalue weighted by Gasteiger charge is 2.61. The molecular formula is C15H42N2O8Si4. The number of hydrogen-bond acceptors (Lipinski definition) is 10. The quantitative estimate of drug-likeness (QED) is 0.320. The summed E-state index contributed by atoms with van der Waals surface area (Å²) in [5.41, 5.74) is 0. The Bertz CT molecular complexity index is 426. The second kappa shape index (κ2) is 12.5. The Hall–Kier alpha value is 0.468. The van der Waals surface area contributed by atoms with E-state index >= 15 is 0 Å². The van der Waals surface area contributed by atoms with Crippen molar-refractivity contribution in [3.8, 4) is 0 Å². The summed E-state index contributed by atoms with van der Waals surface area (Å²) in [6.07, 6.45) is 0. The molecule has 0 radical (unpaired) electrons. The van der Waals surface area contributed by atoms with E-state index in [0.29, 0.717) is 26.2 Å². The molecule has 0 aliphatic rings. The van der Waals surface area contributed by atoms with Crippen LogP contribution in [-0.2, 0) is 30.0 Å². The molecule has 0 unspecified atom stereocenters. The average Bonchev–Trinajstić information content (AvgIpc) is 2.66. The van der Waals surface area contributed by atoms with E-state index < -0.39 is 35.3 Å². The van der Waals surface area contributed by atoms with Crippen molar-refractivity contribution in [3.63, 3.8) is 0 Å². The molecule has 0 saturated carbocycles. The van der Waals surface area contributed by atoms with Crippen LogP contribution in [0.2, 0.25) is 19.6 Å². The normalized spacial score (nSPS) is 14.3. The molecule has 0 aliphatic carbocycles. The van der Waals surface area contributed by atoms with Crippen molar-refractivity contribution in [2.45, 2.75) is 47.3 Å². The largest absolute Gasteiger partial charge is 0.591 e. The topological polar surface area (TPSA) is 91.3 Å². The Balaban J connectivity index is 6.30. The Morgan fingerprint density at radius 1 is 0.586 bits per heavy atom. The zero-order valence-corrected chi connectivity index (χ0v) is 24.0. The summed E-state index contributed by atoms with van der Waals surface area (Å²) in [6, 6.07) is 0. The van der Waals surface area contributed by atoms with Gasteiger partial charge in [-0.05, 0) is 39.3 Å². The van der Waals surface area contributed by atoms with E-state index in [1.165, 1.54) is 0 Å². The molecule has 0 amide bonds. The third-order valence-electron chi connectivity index (χ3n) is 4.40. The lowest BCUT2D eigenvalue weighted by atomic mass is 10.7. The zero-order chi connectivity index (χ0) is 22.9. The Morgan fingerprint density at radius 2 is 0.862 bits per heavy atom. The summed E-state index contributed by atoms with van der Waals surface area (Å²) in [7, 11) is -7.12. The maximum atomic E-state index is 10.6. The minimum Gasteiger partial charge on any atom is -0.411 e. The monoisotopic (exact) mass is 490 g/mol. The first kappa shape index (κ1) is 29.5. The van der Waals surface area contributed by atoms with Gasteiger partial charge in [-0.25, -0.2) is 0 Å². The van der Waals surface area contributed by atoms with E-state index in [9.17, 15) is 4.80 Å². The van der Waals surface area contributed by atoms with Gasteiger partial charge in [0.25, 0.3) is 0 Å². The van der Waals surface area contributed by atoms with Crippen molar-refractivity contribution >= 4 is 35.3 Å². The van der Waals surface area contributed by atoms with Gasteiger partial charge in [0.1, 0.15) is 0 Å². The first-order valence-corrected chi connectivity index (χ1v) is 18.4. The molecule has 14 heteroatoms. The summed E-state index contributed by atoms with van der Waals surface area (Å²) in [5, 5.41) is 0. The van der Waals surface area contributed by atoms with Crippen molar-refractivity contribution < 1.29 is 34.8 Å². The molecule has 0 atom stereocenters. The third kappa shape index (κ3) is 7.83. The first-order chi connectivity index (χ1) is 13.4. The molecule has 29 heavy (non-hydrogen) atoms. The van der Waals surface area contributed by atoms with E-state index in [-0.39, 0.29) is 0 Å². The highest BCUT2D eigenvalue weighted by atomic mass is 28.5. The summed E-state index contributed by atoms with van der Waals surface area (Å²) in [5.74, 6) is 0. The van der Waals surface area contributed by atoms with Crippen molar-refractivity contribution in [3.05, 3.63) is 0 Å². The molecule has 0 spiro atoms. The minimum atomic E-state index is -3.58. The highest BCUT2D eigenvalue weighted by Crippen LogP contribution is 2.28. The smallest absolute Gasteiger partial charge is 0.411 e. The third-order valence-corrected chi connectivity index (χ3v) is 17.8. The van der Waals surface area contributed by atoms with E-state index in [2.05, 4.69) is 0 Å². The van der Waals surface area contributed by atoms with Crippen molar-refractivity contribution in [2.24, 2.45) is 0 Å². The Kier molecular flexibility index (Phi) is 12.7. The number of rotatable bonds is 16. The molecule has 176 valence electrons. The fraction of sp³-hybridized carbons (Fsp3) is 1.00. The molecular weight excluding hydrogens is 449 g/mol. The molecule has 0 rings (SSSR count). The van der Waals surface area contributed by atoms with Gasteiger partial charge in [-0.15, -0.1) is 0 Å². The van der Waals surface area contributed by atoms with Crippen LogP contribution in [-0.4, -0.2) is 104 Å². The Morgan fingerprint density at radius 3 is 1.03 bits per heavy atom. The average molecular weight is 491 g/mol. The van der Waals surface area contributed by atoms with Gasteiger partial charge in [-0.1, -0.05) is 27.7 Å². The summed E-state index contributed by atoms with van der Waals surface area (Å²) in [4.78, 5) is 10.6. The van der Waals surface area contributed by atoms with Crippen molar-refractivity contribution in [1.82, 2.24) is 9.13 Å². The Labute approximate surface area is 181 Å². The predicted octanol–water partition coefficient (Wildman–Crippen LogP) is 1.44. The van der Waals surface area contributed by atoms with Gasteiger partial charge in [0.05, 0.1) is 0 Å². The lowest BCUT2D eigenvalue weighted by molar-refractivity contribution is 0.0319. The van der Waals surface area contributed by atoms with E-state index in [0.717, 1.165) is 0 Å². The molecule has 1 N–H and O–H groups in total. The van der Waals surface area contributed by atoms with Gasteiger partial charge in [0.2, 0.25) is 0 Å². The minimum absolute atomic E-state index is 0.655. The summed E-state index contributed by atoms with van der Waals surface area (Å²) < 4.78 is 46.2. The van der Waals surface area contributed by atoms with E-state index in [4.69, 9.17) is 30.0 Å². The molecule has 0 aromatic heterocycles. The van der Waals surface area contributed by atoms with Gasteiger partial charge in [0.15, 0.2) is 0 Å². The number of hydrogen-bond donors (Lipinski definition) is 1. The van der Waals surface area contributed by atoms with E-state index in [1.807, 2.05) is 36.8 Å². The molecule has 0 fully saturated rings. The van der Waals surface area contributed by atoms with Crippen LogP contribution in [0.3, 0.4) is 0 Å². The first-order valence-electron chi connectivity index (χ1n) is 9.94. The SMILES string of the molecule is CCN(CC)[Si](OC)(OC)O[Si](C)(O[Si](C)(C)O)O[Si](OC)(OC)N(CC)CC. The maximum absolute atomic E-state index is 10.6. The molecule has 0 aromatic rings. The van der Waals surface area contributed by atoms with Gasteiger partial charge >= 0.3 is 35.3 Å². The maximum Gasteiger partial charge on any atom is 0.591 e. The second-order valence-corrected chi connectivity index (χ2v) is 18.9. The van der Waals surface area contributed by atoms with Crippen LogP contribution in [0.1, 0.15) is 27.7 Å². The van der Waals surface area contributed by atoms with Crippen LogP contribution in [0.15, 0.2) is 0 Å². The van der Waals surface area contributed by atoms with E-state index in [1.54, 1.807) is 48.1 Å². The predicted molar refractivity (Wildman–Crippen MR) is 120 cm³/mol. The van der Waals surface area contributed by atoms with Crippen LogP contribution >= 0.6 is 0 Å². The van der Waals surface area contributed by atoms with Crippen LogP contribution in [0.4, 0.5) is 0 Å². The van der Waals surface area contributed by atoms with Gasteiger partial charge in [-0.2, -0.15) is 0 Å². The molecule has 0 aliphatic heterocycles. The summed E-state index contributed by atoms with van der Waals surface area (Å²) in [6.45, 7) is 15.7. The second-order valence-electron chi connectivity index (χ2n) is 6.82. The molecule has 10 nitrogen and oxygen atoms in total. The van der Waals surface area contributed by atoms with Crippen molar-refractivity contribution in [1.29, 1.82) is 0 Å². The van der Waals surface area contributed by atoms with Crippen LogP contribution < -0.4 is 0 Å². The zero-order valence-electron chi connectivity index (χ0n) is 20.0. The fourth-order valence-corrected chi connectivity index (χ4v) is 17.5. The van der Waals surface area contributed by atoms with Crippen LogP contribution in [0.25, 0.3) is 0 Å². The molecule has 0 bridgehead atoms. The summed E-state index contributed by atoms with van der Waals surface area (Å²) >= 11 is 0. The molecule has 0 saturated heterocycles. The van der Waals surface area contributed by atoms with Gasteiger partial charge < -0.3 is 34.8 Å². The molecule has 0 aromatic carbocycles. The fourth-order valence-electron chi connectivity index (χ4n) is 3.19. The number of nitrogens with zero attached hydrogens (tertiary/aromatic N) is 2. The highest BCUT2D eigenvalue weighted by molar-refractivity contribution is 6.84. The van der Waals surface area contributed by atoms with Crippen LogP contribution in [0.5, 0.6) is 0 Å². The van der Waals surface area contributed by atoms with Crippen LogP contribution in [0, 0.1) is 0 Å².